The lowest BCUT2D eigenvalue weighted by atomic mass is 10.1. The molecule has 7 heteroatoms. The maximum Gasteiger partial charge on any atom is 0.256 e. The van der Waals surface area contributed by atoms with E-state index in [9.17, 15) is 13.2 Å². The van der Waals surface area contributed by atoms with E-state index >= 15 is 0 Å². The summed E-state index contributed by atoms with van der Waals surface area (Å²) in [7, 11) is 0.812. The van der Waals surface area contributed by atoms with E-state index in [4.69, 9.17) is 4.74 Å². The van der Waals surface area contributed by atoms with Gasteiger partial charge in [-0.3, -0.25) is 4.79 Å². The van der Waals surface area contributed by atoms with Crippen LogP contribution < -0.4 is 10.1 Å². The molecule has 0 atom stereocenters. The molecule has 2 aromatic rings. The first-order valence-corrected chi connectivity index (χ1v) is 9.10. The summed E-state index contributed by atoms with van der Waals surface area (Å²) >= 11 is 0. The predicted octanol–water partition coefficient (Wildman–Crippen LogP) is 2.81. The molecule has 0 bridgehead atoms. The number of nitrogens with one attached hydrogen (secondary N) is 1. The summed E-state index contributed by atoms with van der Waals surface area (Å²) < 4.78 is 31.0. The van der Waals surface area contributed by atoms with Crippen molar-refractivity contribution in [2.75, 3.05) is 26.5 Å². The van der Waals surface area contributed by atoms with Crippen LogP contribution in [0.3, 0.4) is 0 Å². The van der Waals surface area contributed by atoms with Crippen LogP contribution in [0, 0.1) is 13.8 Å². The van der Waals surface area contributed by atoms with Gasteiger partial charge in [0.25, 0.3) is 5.91 Å². The molecule has 6 nitrogen and oxygen atoms in total. The van der Waals surface area contributed by atoms with Gasteiger partial charge in [0.1, 0.15) is 5.75 Å². The van der Waals surface area contributed by atoms with Crippen LogP contribution >= 0.6 is 0 Å². The van der Waals surface area contributed by atoms with E-state index < -0.39 is 15.9 Å². The minimum absolute atomic E-state index is 0.0736. The molecule has 25 heavy (non-hydrogen) atoms. The van der Waals surface area contributed by atoms with Gasteiger partial charge in [0.05, 0.1) is 17.7 Å². The molecular weight excluding hydrogens is 340 g/mol. The smallest absolute Gasteiger partial charge is 0.256 e. The Hall–Kier alpha value is -2.38. The number of methoxy groups -OCH3 is 1. The summed E-state index contributed by atoms with van der Waals surface area (Å²) in [5, 5.41) is 2.79. The normalized spacial score (nSPS) is 11.4. The molecule has 1 amide bonds. The van der Waals surface area contributed by atoms with Gasteiger partial charge >= 0.3 is 0 Å². The number of nitrogens with zero attached hydrogens (tertiary/aromatic N) is 1. The minimum atomic E-state index is -3.61. The highest BCUT2D eigenvalue weighted by Crippen LogP contribution is 2.26. The highest BCUT2D eigenvalue weighted by atomic mass is 32.2. The number of aryl methyl sites for hydroxylation is 2. The Morgan fingerprint density at radius 3 is 2.36 bits per heavy atom. The van der Waals surface area contributed by atoms with Gasteiger partial charge in [-0.2, -0.15) is 0 Å². The van der Waals surface area contributed by atoms with Gasteiger partial charge in [-0.05, 0) is 49.2 Å². The second kappa shape index (κ2) is 7.25. The van der Waals surface area contributed by atoms with Crippen LogP contribution in [0.4, 0.5) is 5.69 Å². The zero-order chi connectivity index (χ0) is 18.8. The van der Waals surface area contributed by atoms with E-state index in [0.29, 0.717) is 22.6 Å². The summed E-state index contributed by atoms with van der Waals surface area (Å²) in [6.07, 6.45) is 0. The highest BCUT2D eigenvalue weighted by Gasteiger charge is 2.20. The molecule has 0 saturated heterocycles. The van der Waals surface area contributed by atoms with E-state index in [1.165, 1.54) is 33.3 Å². The van der Waals surface area contributed by atoms with Crippen molar-refractivity contribution in [3.8, 4) is 5.75 Å². The molecular formula is C18H22N2O4S. The quantitative estimate of drug-likeness (QED) is 0.887. The first-order valence-electron chi connectivity index (χ1n) is 7.66. The average Bonchev–Trinajstić information content (AvgIpc) is 2.55. The predicted molar refractivity (Wildman–Crippen MR) is 97.7 cm³/mol. The van der Waals surface area contributed by atoms with Gasteiger partial charge in [-0.15, -0.1) is 0 Å². The van der Waals surface area contributed by atoms with Crippen molar-refractivity contribution >= 4 is 21.6 Å². The van der Waals surface area contributed by atoms with Crippen LogP contribution in [0.15, 0.2) is 41.3 Å². The van der Waals surface area contributed by atoms with E-state index in [1.54, 1.807) is 25.1 Å². The number of hydrogen-bond donors (Lipinski definition) is 1. The van der Waals surface area contributed by atoms with Crippen LogP contribution in [0.25, 0.3) is 0 Å². The highest BCUT2D eigenvalue weighted by molar-refractivity contribution is 7.89. The first-order chi connectivity index (χ1) is 11.7. The van der Waals surface area contributed by atoms with Gasteiger partial charge in [-0.25, -0.2) is 12.7 Å². The number of anilines is 1. The SMILES string of the molecule is COc1ccc(C)cc1NC(=O)c1cc(S(=O)(=O)N(C)C)ccc1C. The van der Waals surface area contributed by atoms with Gasteiger partial charge in [0.15, 0.2) is 0 Å². The number of benzene rings is 2. The van der Waals surface area contributed by atoms with Crippen LogP contribution in [-0.2, 0) is 10.0 Å². The van der Waals surface area contributed by atoms with Gasteiger partial charge < -0.3 is 10.1 Å². The molecule has 0 aromatic heterocycles. The van der Waals surface area contributed by atoms with Gasteiger partial charge in [0, 0.05) is 19.7 Å². The van der Waals surface area contributed by atoms with Crippen molar-refractivity contribution < 1.29 is 17.9 Å². The summed E-state index contributed by atoms with van der Waals surface area (Å²) in [5.74, 6) is 0.144. The monoisotopic (exact) mass is 362 g/mol. The molecule has 0 saturated carbocycles. The zero-order valence-corrected chi connectivity index (χ0v) is 15.8. The molecule has 0 aliphatic heterocycles. The van der Waals surface area contributed by atoms with Crippen molar-refractivity contribution in [2.45, 2.75) is 18.7 Å². The van der Waals surface area contributed by atoms with Crippen LogP contribution in [0.2, 0.25) is 0 Å². The lowest BCUT2D eigenvalue weighted by Gasteiger charge is -2.15. The third kappa shape index (κ3) is 4.00. The van der Waals surface area contributed by atoms with Crippen LogP contribution in [0.5, 0.6) is 5.75 Å². The Morgan fingerprint density at radius 2 is 1.76 bits per heavy atom. The number of sulfonamides is 1. The molecule has 0 radical (unpaired) electrons. The molecule has 1 N–H and O–H groups in total. The van der Waals surface area contributed by atoms with E-state index in [-0.39, 0.29) is 4.90 Å². The molecule has 0 fully saturated rings. The van der Waals surface area contributed by atoms with E-state index in [1.807, 2.05) is 13.0 Å². The summed E-state index contributed by atoms with van der Waals surface area (Å²) in [6, 6.07) is 9.96. The fourth-order valence-corrected chi connectivity index (χ4v) is 3.25. The second-order valence-electron chi connectivity index (χ2n) is 5.92. The minimum Gasteiger partial charge on any atom is -0.495 e. The molecule has 2 rings (SSSR count). The summed E-state index contributed by atoms with van der Waals surface area (Å²) in [5.41, 5.74) is 2.48. The van der Waals surface area contributed by atoms with Gasteiger partial charge in [0.2, 0.25) is 10.0 Å². The zero-order valence-electron chi connectivity index (χ0n) is 15.0. The summed E-state index contributed by atoms with van der Waals surface area (Å²) in [4.78, 5) is 12.8. The third-order valence-electron chi connectivity index (χ3n) is 3.84. The number of rotatable bonds is 5. The number of amides is 1. The van der Waals surface area contributed by atoms with Crippen molar-refractivity contribution in [3.05, 3.63) is 53.1 Å². The standard InChI is InChI=1S/C18H22N2O4S/c1-12-6-9-17(24-5)16(10-12)19-18(21)15-11-14(8-7-13(15)2)25(22,23)20(3)4/h6-11H,1-5H3,(H,19,21). The molecule has 0 aliphatic carbocycles. The molecule has 0 spiro atoms. The second-order valence-corrected chi connectivity index (χ2v) is 8.07. The molecule has 0 aliphatic rings. The maximum atomic E-state index is 12.7. The molecule has 134 valence electrons. The van der Waals surface area contributed by atoms with Gasteiger partial charge in [-0.1, -0.05) is 12.1 Å². The fourth-order valence-electron chi connectivity index (χ4n) is 2.33. The number of ether oxygens (including phenoxy) is 1. The number of carbonyl (C=O) groups is 1. The maximum absolute atomic E-state index is 12.7. The Balaban J connectivity index is 2.42. The fraction of sp³-hybridized carbons (Fsp3) is 0.278. The van der Waals surface area contributed by atoms with E-state index in [0.717, 1.165) is 9.87 Å². The topological polar surface area (TPSA) is 75.7 Å². The van der Waals surface area contributed by atoms with Crippen LogP contribution in [-0.4, -0.2) is 39.8 Å². The Morgan fingerprint density at radius 1 is 1.08 bits per heavy atom. The largest absolute Gasteiger partial charge is 0.495 e. The number of hydrogen-bond acceptors (Lipinski definition) is 4. The average molecular weight is 362 g/mol. The van der Waals surface area contributed by atoms with Crippen LogP contribution in [0.1, 0.15) is 21.5 Å². The van der Waals surface area contributed by atoms with E-state index in [2.05, 4.69) is 5.32 Å². The lowest BCUT2D eigenvalue weighted by Crippen LogP contribution is -2.23. The third-order valence-corrected chi connectivity index (χ3v) is 5.65. The Labute approximate surface area is 148 Å². The number of carbonyl (C=O) groups excluding carboxylic acids is 1. The van der Waals surface area contributed by atoms with Crippen molar-refractivity contribution in [3.63, 3.8) is 0 Å². The Bertz CT molecular complexity index is 905. The van der Waals surface area contributed by atoms with Crippen molar-refractivity contribution in [1.82, 2.24) is 4.31 Å². The molecule has 0 unspecified atom stereocenters. The van der Waals surface area contributed by atoms with Crippen molar-refractivity contribution in [2.24, 2.45) is 0 Å². The molecule has 2 aromatic carbocycles. The Kier molecular flexibility index (Phi) is 5.49. The summed E-state index contributed by atoms with van der Waals surface area (Å²) in [6.45, 7) is 3.67. The van der Waals surface area contributed by atoms with Crippen molar-refractivity contribution in [1.29, 1.82) is 0 Å². The first kappa shape index (κ1) is 19.0. The molecule has 0 heterocycles. The lowest BCUT2D eigenvalue weighted by molar-refractivity contribution is 0.102.